The smallest absolute Gasteiger partial charge is 0.306 e. The molecular weight excluding hydrogens is 382 g/mol. The van der Waals surface area contributed by atoms with Crippen molar-refractivity contribution < 1.29 is 0 Å². The van der Waals surface area contributed by atoms with Gasteiger partial charge in [0.2, 0.25) is 0 Å². The lowest BCUT2D eigenvalue weighted by Crippen LogP contribution is -1.99. The molecule has 1 aromatic carbocycles. The molecule has 0 amide bonds. The Morgan fingerprint density at radius 2 is 1.92 bits per heavy atom. The van der Waals surface area contributed by atoms with Gasteiger partial charge in [-0.1, -0.05) is 0 Å². The molecule has 0 aliphatic rings. The average molecular weight is 386 g/mol. The van der Waals surface area contributed by atoms with Crippen molar-refractivity contribution >= 4 is 56.2 Å². The number of H-pyrrole nitrogens is 2. The summed E-state index contributed by atoms with van der Waals surface area (Å²) in [6, 6.07) is 3.88. The van der Waals surface area contributed by atoms with E-state index < -0.39 is 0 Å². The zero-order chi connectivity index (χ0) is 8.72. The Kier molecular flexibility index (Phi) is 2.15. The topological polar surface area (TPSA) is 48.6 Å². The highest BCUT2D eigenvalue weighted by Crippen LogP contribution is 2.21. The molecule has 3 nitrogen and oxygen atoms in total. The maximum absolute atomic E-state index is 10.9. The first kappa shape index (κ1) is 8.54. The van der Waals surface area contributed by atoms with Crippen LogP contribution in [-0.4, -0.2) is 9.97 Å². The van der Waals surface area contributed by atoms with E-state index in [-0.39, 0.29) is 5.69 Å². The van der Waals surface area contributed by atoms with Crippen LogP contribution in [0.1, 0.15) is 0 Å². The minimum atomic E-state index is -0.148. The summed E-state index contributed by atoms with van der Waals surface area (Å²) in [4.78, 5) is 16.4. The molecule has 0 radical (unpaired) electrons. The molecule has 12 heavy (non-hydrogen) atoms. The number of benzene rings is 1. The van der Waals surface area contributed by atoms with E-state index in [4.69, 9.17) is 0 Å². The maximum Gasteiger partial charge on any atom is 0.323 e. The van der Waals surface area contributed by atoms with Crippen molar-refractivity contribution in [2.75, 3.05) is 0 Å². The van der Waals surface area contributed by atoms with Crippen LogP contribution in [0.15, 0.2) is 16.9 Å². The lowest BCUT2D eigenvalue weighted by Gasteiger charge is -1.95. The summed E-state index contributed by atoms with van der Waals surface area (Å²) in [5.41, 5.74) is 1.61. The van der Waals surface area contributed by atoms with E-state index in [1.54, 1.807) is 0 Å². The van der Waals surface area contributed by atoms with Crippen LogP contribution in [0, 0.1) is 7.14 Å². The Morgan fingerprint density at radius 1 is 1.17 bits per heavy atom. The highest BCUT2D eigenvalue weighted by Gasteiger charge is 2.04. The molecule has 0 fully saturated rings. The summed E-state index contributed by atoms with van der Waals surface area (Å²) in [5.74, 6) is 0. The van der Waals surface area contributed by atoms with E-state index in [1.807, 2.05) is 12.1 Å². The van der Waals surface area contributed by atoms with Gasteiger partial charge in [0, 0.05) is 3.57 Å². The predicted molar refractivity (Wildman–Crippen MR) is 64.4 cm³/mol. The number of aromatic amines is 2. The first-order valence-electron chi connectivity index (χ1n) is 3.24. The number of halogens is 2. The van der Waals surface area contributed by atoms with Gasteiger partial charge >= 0.3 is 5.69 Å². The number of nitrogens with one attached hydrogen (secondary N) is 2. The summed E-state index contributed by atoms with van der Waals surface area (Å²) in [6.45, 7) is 0. The van der Waals surface area contributed by atoms with E-state index in [0.717, 1.165) is 18.2 Å². The zero-order valence-electron chi connectivity index (χ0n) is 5.82. The molecule has 0 saturated carbocycles. The summed E-state index contributed by atoms with van der Waals surface area (Å²) in [7, 11) is 0. The van der Waals surface area contributed by atoms with Crippen molar-refractivity contribution in [1.82, 2.24) is 9.97 Å². The van der Waals surface area contributed by atoms with E-state index in [9.17, 15) is 4.79 Å². The van der Waals surface area contributed by atoms with Crippen LogP contribution >= 0.6 is 45.2 Å². The van der Waals surface area contributed by atoms with Crippen LogP contribution in [0.3, 0.4) is 0 Å². The molecule has 1 heterocycles. The second-order valence-electron chi connectivity index (χ2n) is 2.36. The number of imidazole rings is 1. The van der Waals surface area contributed by atoms with Crippen molar-refractivity contribution in [1.29, 1.82) is 0 Å². The van der Waals surface area contributed by atoms with Crippen molar-refractivity contribution in [3.05, 3.63) is 29.8 Å². The Morgan fingerprint density at radius 3 is 2.67 bits per heavy atom. The standard InChI is InChI=1S/C7H4I2N2O/c8-3-1-2-4-6(5(3)9)11-7(12)10-4/h1-2H,(H2,10,11,12). The molecule has 62 valence electrons. The molecule has 0 saturated heterocycles. The third-order valence-corrected chi connectivity index (χ3v) is 4.63. The van der Waals surface area contributed by atoms with Crippen molar-refractivity contribution in [3.8, 4) is 0 Å². The summed E-state index contributed by atoms with van der Waals surface area (Å²) in [6.07, 6.45) is 0. The number of aromatic nitrogens is 2. The molecule has 0 spiro atoms. The first-order chi connectivity index (χ1) is 5.68. The predicted octanol–water partition coefficient (Wildman–Crippen LogP) is 2.07. The van der Waals surface area contributed by atoms with E-state index in [1.165, 1.54) is 0 Å². The van der Waals surface area contributed by atoms with E-state index in [2.05, 4.69) is 55.1 Å². The fraction of sp³-hybridized carbons (Fsp3) is 0. The zero-order valence-corrected chi connectivity index (χ0v) is 10.1. The Bertz CT molecular complexity index is 486. The van der Waals surface area contributed by atoms with Crippen LogP contribution in [0.2, 0.25) is 0 Å². The fourth-order valence-electron chi connectivity index (χ4n) is 1.04. The van der Waals surface area contributed by atoms with Gasteiger partial charge in [0.1, 0.15) is 0 Å². The Hall–Kier alpha value is -0.0500. The number of hydrogen-bond acceptors (Lipinski definition) is 1. The minimum Gasteiger partial charge on any atom is -0.306 e. The number of rotatable bonds is 0. The molecular formula is C7H4I2N2O. The van der Waals surface area contributed by atoms with Crippen LogP contribution < -0.4 is 5.69 Å². The van der Waals surface area contributed by atoms with Gasteiger partial charge in [-0.25, -0.2) is 4.79 Å². The molecule has 0 atom stereocenters. The summed E-state index contributed by atoms with van der Waals surface area (Å²) >= 11 is 4.46. The van der Waals surface area contributed by atoms with Gasteiger partial charge in [-0.2, -0.15) is 0 Å². The van der Waals surface area contributed by atoms with E-state index in [0.29, 0.717) is 0 Å². The lowest BCUT2D eigenvalue weighted by molar-refractivity contribution is 1.21. The maximum atomic E-state index is 10.9. The van der Waals surface area contributed by atoms with Crippen LogP contribution in [0.25, 0.3) is 11.0 Å². The van der Waals surface area contributed by atoms with Gasteiger partial charge in [-0.3, -0.25) is 0 Å². The van der Waals surface area contributed by atoms with Gasteiger partial charge < -0.3 is 9.97 Å². The molecule has 0 aliphatic heterocycles. The molecule has 1 aromatic heterocycles. The summed E-state index contributed by atoms with van der Waals surface area (Å²) < 4.78 is 2.24. The first-order valence-corrected chi connectivity index (χ1v) is 5.40. The Balaban J connectivity index is 2.99. The number of hydrogen-bond donors (Lipinski definition) is 2. The highest BCUT2D eigenvalue weighted by molar-refractivity contribution is 14.1. The molecule has 5 heteroatoms. The number of fused-ring (bicyclic) bond motifs is 1. The third-order valence-electron chi connectivity index (χ3n) is 1.58. The fourth-order valence-corrected chi connectivity index (χ4v) is 2.10. The third kappa shape index (κ3) is 1.28. The second kappa shape index (κ2) is 3.02. The molecule has 2 aromatic rings. The second-order valence-corrected chi connectivity index (χ2v) is 4.60. The van der Waals surface area contributed by atoms with Crippen LogP contribution in [0.4, 0.5) is 0 Å². The molecule has 2 N–H and O–H groups in total. The summed E-state index contributed by atoms with van der Waals surface area (Å²) in [5, 5.41) is 0. The monoisotopic (exact) mass is 386 g/mol. The quantitative estimate of drug-likeness (QED) is 0.670. The van der Waals surface area contributed by atoms with Gasteiger partial charge in [-0.15, -0.1) is 0 Å². The van der Waals surface area contributed by atoms with Crippen LogP contribution in [0.5, 0.6) is 0 Å². The van der Waals surface area contributed by atoms with Gasteiger partial charge in [0.25, 0.3) is 0 Å². The largest absolute Gasteiger partial charge is 0.323 e. The van der Waals surface area contributed by atoms with Crippen molar-refractivity contribution in [2.45, 2.75) is 0 Å². The molecule has 0 aliphatic carbocycles. The highest BCUT2D eigenvalue weighted by atomic mass is 127. The molecule has 0 unspecified atom stereocenters. The SMILES string of the molecule is O=c1[nH]c2ccc(I)c(I)c2[nH]1. The van der Waals surface area contributed by atoms with Gasteiger partial charge in [-0.05, 0) is 57.3 Å². The van der Waals surface area contributed by atoms with Crippen molar-refractivity contribution in [3.63, 3.8) is 0 Å². The minimum absolute atomic E-state index is 0.148. The Labute approximate surface area is 95.2 Å². The van der Waals surface area contributed by atoms with E-state index >= 15 is 0 Å². The lowest BCUT2D eigenvalue weighted by atomic mass is 10.3. The van der Waals surface area contributed by atoms with Gasteiger partial charge in [0.15, 0.2) is 0 Å². The van der Waals surface area contributed by atoms with Crippen LogP contribution in [-0.2, 0) is 0 Å². The van der Waals surface area contributed by atoms with Crippen molar-refractivity contribution in [2.24, 2.45) is 0 Å². The molecule has 0 bridgehead atoms. The van der Waals surface area contributed by atoms with Gasteiger partial charge in [0.05, 0.1) is 14.6 Å². The average Bonchev–Trinajstić information content (AvgIpc) is 2.39. The molecule has 2 rings (SSSR count). The normalized spacial score (nSPS) is 10.8.